The molecule has 9 nitrogen and oxygen atoms in total. The molecule has 0 bridgehead atoms. The van der Waals surface area contributed by atoms with Crippen molar-refractivity contribution in [2.24, 2.45) is 0 Å². The highest BCUT2D eigenvalue weighted by atomic mass is 32.2. The van der Waals surface area contributed by atoms with Crippen molar-refractivity contribution < 1.29 is 34.2 Å². The van der Waals surface area contributed by atoms with Gasteiger partial charge in [-0.2, -0.15) is 0 Å². The van der Waals surface area contributed by atoms with Gasteiger partial charge in [0.1, 0.15) is 6.54 Å². The van der Waals surface area contributed by atoms with Crippen LogP contribution >= 0.6 is 11.8 Å². The minimum atomic E-state index is -1.37. The van der Waals surface area contributed by atoms with Gasteiger partial charge in [0.2, 0.25) is 5.91 Å². The van der Waals surface area contributed by atoms with Crippen LogP contribution in [0.15, 0.2) is 65.6 Å². The molecule has 0 aromatic heterocycles. The summed E-state index contributed by atoms with van der Waals surface area (Å²) in [5.41, 5.74) is 0.159. The molecule has 10 heteroatoms. The molecule has 0 unspecified atom stereocenters. The zero-order valence-corrected chi connectivity index (χ0v) is 17.2. The van der Waals surface area contributed by atoms with Gasteiger partial charge >= 0.3 is 11.9 Å². The highest BCUT2D eigenvalue weighted by Gasteiger charge is 2.36. The lowest BCUT2D eigenvalue weighted by Gasteiger charge is -2.13. The molecule has 0 atom stereocenters. The molecule has 32 heavy (non-hydrogen) atoms. The molecular weight excluding hydrogens is 436 g/mol. The van der Waals surface area contributed by atoms with Gasteiger partial charge in [-0.25, -0.2) is 9.59 Å². The quantitative estimate of drug-likeness (QED) is 0.543. The predicted molar refractivity (Wildman–Crippen MR) is 117 cm³/mol. The highest BCUT2D eigenvalue weighted by Crippen LogP contribution is 2.30. The van der Waals surface area contributed by atoms with E-state index in [-0.39, 0.29) is 21.7 Å². The number of carbonyl (C=O) groups is 5. The number of amides is 3. The number of carbonyl (C=O) groups excluding carboxylic acids is 3. The number of hydrogen-bond acceptors (Lipinski definition) is 6. The molecule has 1 saturated heterocycles. The zero-order chi connectivity index (χ0) is 23.3. The van der Waals surface area contributed by atoms with Crippen molar-refractivity contribution >= 4 is 52.5 Å². The first-order chi connectivity index (χ1) is 15.2. The van der Waals surface area contributed by atoms with Gasteiger partial charge in [0.05, 0.1) is 16.0 Å². The number of nitrogens with one attached hydrogen (secondary N) is 1. The number of anilines is 1. The fourth-order valence-corrected chi connectivity index (χ4v) is 3.54. The van der Waals surface area contributed by atoms with Crippen LogP contribution in [0, 0.1) is 0 Å². The number of allylic oxidation sites excluding steroid dienone is 2. The number of hydrogen-bond donors (Lipinski definition) is 3. The van der Waals surface area contributed by atoms with E-state index in [0.29, 0.717) is 11.8 Å². The summed E-state index contributed by atoms with van der Waals surface area (Å²) in [7, 11) is 0. The van der Waals surface area contributed by atoms with E-state index in [0.717, 1.165) is 28.7 Å². The third-order valence-electron chi connectivity index (χ3n) is 4.22. The first-order valence-corrected chi connectivity index (χ1v) is 9.95. The smallest absolute Gasteiger partial charge is 0.335 e. The van der Waals surface area contributed by atoms with Crippen molar-refractivity contribution in [2.45, 2.75) is 0 Å². The number of imide groups is 1. The Labute approximate surface area is 186 Å². The average molecular weight is 452 g/mol. The fraction of sp³-hybridized carbons (Fsp3) is 0.0455. The van der Waals surface area contributed by atoms with Crippen LogP contribution in [0.2, 0.25) is 0 Å². The Morgan fingerprint density at radius 1 is 0.969 bits per heavy atom. The molecule has 3 N–H and O–H groups in total. The average Bonchev–Trinajstić information content (AvgIpc) is 3.01. The lowest BCUT2D eigenvalue weighted by atomic mass is 10.1. The van der Waals surface area contributed by atoms with Gasteiger partial charge in [0, 0.05) is 5.69 Å². The van der Waals surface area contributed by atoms with E-state index in [1.54, 1.807) is 12.2 Å². The number of nitrogens with zero attached hydrogens (tertiary/aromatic N) is 1. The van der Waals surface area contributed by atoms with Crippen molar-refractivity contribution in [1.29, 1.82) is 0 Å². The molecule has 3 amide bonds. The third kappa shape index (κ3) is 5.49. The standard InChI is InChI=1S/C22H16N2O7S/c25-18(23-16-10-14(20(27)28)9-15(11-16)21(29)30)12-24-19(26)17(32-22(24)31)8-4-7-13-5-2-1-3-6-13/h1-11H,12H2,(H,23,25)(H,27,28)(H,29,30)/b7-4+,17-8-. The molecule has 3 rings (SSSR count). The van der Waals surface area contributed by atoms with Crippen LogP contribution in [0.25, 0.3) is 6.08 Å². The van der Waals surface area contributed by atoms with Gasteiger partial charge in [0.25, 0.3) is 11.1 Å². The van der Waals surface area contributed by atoms with Gasteiger partial charge < -0.3 is 15.5 Å². The number of rotatable bonds is 7. The maximum absolute atomic E-state index is 12.5. The SMILES string of the molecule is O=C(CN1C(=O)S/C(=C\C=C\c2ccccc2)C1=O)Nc1cc(C(=O)O)cc(C(=O)O)c1. The minimum absolute atomic E-state index is 0.0828. The van der Waals surface area contributed by atoms with Gasteiger partial charge in [-0.3, -0.25) is 19.3 Å². The Kier molecular flexibility index (Phi) is 6.86. The molecule has 1 aliphatic heterocycles. The molecule has 1 heterocycles. The van der Waals surface area contributed by atoms with Crippen molar-refractivity contribution in [3.63, 3.8) is 0 Å². The van der Waals surface area contributed by atoms with Crippen LogP contribution < -0.4 is 5.32 Å². The predicted octanol–water partition coefficient (Wildman–Crippen LogP) is 3.31. The Hall–Kier alpha value is -4.18. The maximum Gasteiger partial charge on any atom is 0.335 e. The number of carboxylic acids is 2. The van der Waals surface area contributed by atoms with E-state index < -0.39 is 35.5 Å². The Morgan fingerprint density at radius 2 is 1.59 bits per heavy atom. The molecule has 2 aromatic rings. The minimum Gasteiger partial charge on any atom is -0.478 e. The number of aromatic carboxylic acids is 2. The molecule has 1 aliphatic rings. The molecule has 162 valence electrons. The van der Waals surface area contributed by atoms with Crippen LogP contribution in [-0.2, 0) is 9.59 Å². The van der Waals surface area contributed by atoms with Crippen LogP contribution in [0.1, 0.15) is 26.3 Å². The van der Waals surface area contributed by atoms with Gasteiger partial charge in [-0.05, 0) is 41.6 Å². The molecule has 0 radical (unpaired) electrons. The summed E-state index contributed by atoms with van der Waals surface area (Å²) >= 11 is 0.690. The molecule has 0 spiro atoms. The largest absolute Gasteiger partial charge is 0.478 e. The monoisotopic (exact) mass is 452 g/mol. The third-order valence-corrected chi connectivity index (χ3v) is 5.15. The number of thioether (sulfide) groups is 1. The van der Waals surface area contributed by atoms with Gasteiger partial charge in [-0.15, -0.1) is 0 Å². The normalized spacial score (nSPS) is 14.9. The molecule has 0 aliphatic carbocycles. The van der Waals surface area contributed by atoms with E-state index in [9.17, 15) is 24.0 Å². The van der Waals surface area contributed by atoms with Crippen LogP contribution in [-0.4, -0.2) is 50.6 Å². The van der Waals surface area contributed by atoms with E-state index in [4.69, 9.17) is 10.2 Å². The highest BCUT2D eigenvalue weighted by molar-refractivity contribution is 8.18. The fourth-order valence-electron chi connectivity index (χ4n) is 2.75. The second-order valence-corrected chi connectivity index (χ2v) is 7.51. The van der Waals surface area contributed by atoms with E-state index >= 15 is 0 Å². The zero-order valence-electron chi connectivity index (χ0n) is 16.3. The number of benzene rings is 2. The van der Waals surface area contributed by atoms with Crippen molar-refractivity contribution in [3.8, 4) is 0 Å². The Balaban J connectivity index is 1.69. The summed E-state index contributed by atoms with van der Waals surface area (Å²) in [4.78, 5) is 60.2. The second kappa shape index (κ2) is 9.75. The first-order valence-electron chi connectivity index (χ1n) is 9.13. The maximum atomic E-state index is 12.5. The summed E-state index contributed by atoms with van der Waals surface area (Å²) in [5, 5.41) is 19.9. The first kappa shape index (κ1) is 22.5. The van der Waals surface area contributed by atoms with Crippen LogP contribution in [0.3, 0.4) is 0 Å². The number of carboxylic acid groups (broad SMARTS) is 2. The van der Waals surface area contributed by atoms with Crippen molar-refractivity contribution in [3.05, 3.63) is 82.3 Å². The van der Waals surface area contributed by atoms with Crippen molar-refractivity contribution in [2.75, 3.05) is 11.9 Å². The molecular formula is C22H16N2O7S. The van der Waals surface area contributed by atoms with Crippen LogP contribution in [0.5, 0.6) is 0 Å². The Bertz CT molecular complexity index is 1140. The summed E-state index contributed by atoms with van der Waals surface area (Å²) in [6.07, 6.45) is 4.86. The van der Waals surface area contributed by atoms with Gasteiger partial charge in [0.15, 0.2) is 0 Å². The Morgan fingerprint density at radius 3 is 2.19 bits per heavy atom. The van der Waals surface area contributed by atoms with Crippen molar-refractivity contribution in [1.82, 2.24) is 4.90 Å². The van der Waals surface area contributed by atoms with Gasteiger partial charge in [-0.1, -0.05) is 42.5 Å². The topological polar surface area (TPSA) is 141 Å². The van der Waals surface area contributed by atoms with E-state index in [1.807, 2.05) is 30.3 Å². The summed E-state index contributed by atoms with van der Waals surface area (Å²) in [6.45, 7) is -0.607. The molecule has 0 saturated carbocycles. The second-order valence-electron chi connectivity index (χ2n) is 6.52. The summed E-state index contributed by atoms with van der Waals surface area (Å²) < 4.78 is 0. The summed E-state index contributed by atoms with van der Waals surface area (Å²) in [5.74, 6) is -4.17. The van der Waals surface area contributed by atoms with E-state index in [2.05, 4.69) is 5.32 Å². The molecule has 2 aromatic carbocycles. The lowest BCUT2D eigenvalue weighted by Crippen LogP contribution is -2.36. The summed E-state index contributed by atoms with van der Waals surface area (Å²) in [6, 6.07) is 12.4. The molecule has 1 fully saturated rings. The lowest BCUT2D eigenvalue weighted by molar-refractivity contribution is -0.127. The van der Waals surface area contributed by atoms with Crippen LogP contribution in [0.4, 0.5) is 10.5 Å². The van der Waals surface area contributed by atoms with E-state index in [1.165, 1.54) is 6.08 Å².